The summed E-state index contributed by atoms with van der Waals surface area (Å²) in [5.41, 5.74) is 1.78. The molecule has 3 rings (SSSR count). The molecule has 1 aromatic rings. The molecular formula is C16H18ClN3O3. The van der Waals surface area contributed by atoms with Gasteiger partial charge in [0.25, 0.3) is 11.8 Å². The zero-order valence-electron chi connectivity index (χ0n) is 13.1. The van der Waals surface area contributed by atoms with E-state index in [1.165, 1.54) is 0 Å². The van der Waals surface area contributed by atoms with Crippen LogP contribution in [0.3, 0.4) is 0 Å². The summed E-state index contributed by atoms with van der Waals surface area (Å²) in [5.74, 6) is -0.852. The maximum Gasteiger partial charge on any atom is 0.283 e. The van der Waals surface area contributed by atoms with Crippen LogP contribution in [0.4, 0.5) is 11.4 Å². The summed E-state index contributed by atoms with van der Waals surface area (Å²) in [6, 6.07) is 7.21. The van der Waals surface area contributed by atoms with Crippen LogP contribution in [0.1, 0.15) is 0 Å². The van der Waals surface area contributed by atoms with Crippen LogP contribution in [0.15, 0.2) is 35.0 Å². The summed E-state index contributed by atoms with van der Waals surface area (Å²) < 4.78 is 5.28. The van der Waals surface area contributed by atoms with Gasteiger partial charge in [0.05, 0.1) is 18.9 Å². The number of imide groups is 1. The summed E-state index contributed by atoms with van der Waals surface area (Å²) >= 11 is 6.16. The second-order valence-electron chi connectivity index (χ2n) is 5.62. The lowest BCUT2D eigenvalue weighted by Gasteiger charge is -2.29. The van der Waals surface area contributed by atoms with Gasteiger partial charge in [-0.25, -0.2) is 4.90 Å². The zero-order valence-corrected chi connectivity index (χ0v) is 13.8. The molecule has 0 radical (unpaired) electrons. The zero-order chi connectivity index (χ0) is 16.6. The average Bonchev–Trinajstić information content (AvgIpc) is 2.78. The molecule has 0 aliphatic carbocycles. The molecule has 1 aromatic carbocycles. The number of carbonyl (C=O) groups is 2. The van der Waals surface area contributed by atoms with E-state index in [0.29, 0.717) is 32.0 Å². The fourth-order valence-corrected chi connectivity index (χ4v) is 2.97. The van der Waals surface area contributed by atoms with Crippen LogP contribution in [0.25, 0.3) is 0 Å². The number of anilines is 2. The van der Waals surface area contributed by atoms with E-state index in [-0.39, 0.29) is 16.6 Å². The number of morpholine rings is 1. The molecule has 2 amide bonds. The van der Waals surface area contributed by atoms with Crippen molar-refractivity contribution in [2.45, 2.75) is 0 Å². The third-order valence-corrected chi connectivity index (χ3v) is 4.30. The second-order valence-corrected chi connectivity index (χ2v) is 6.00. The smallest absolute Gasteiger partial charge is 0.283 e. The van der Waals surface area contributed by atoms with E-state index in [4.69, 9.17) is 16.3 Å². The van der Waals surface area contributed by atoms with E-state index >= 15 is 0 Å². The Kier molecular flexibility index (Phi) is 4.28. The van der Waals surface area contributed by atoms with Gasteiger partial charge in [0, 0.05) is 32.9 Å². The largest absolute Gasteiger partial charge is 0.378 e. The average molecular weight is 336 g/mol. The van der Waals surface area contributed by atoms with Gasteiger partial charge in [-0.05, 0) is 24.3 Å². The molecule has 1 fully saturated rings. The predicted octanol–water partition coefficient (Wildman–Crippen LogP) is 1.41. The summed E-state index contributed by atoms with van der Waals surface area (Å²) in [7, 11) is 3.85. The molecule has 0 saturated carbocycles. The van der Waals surface area contributed by atoms with Gasteiger partial charge in [0.15, 0.2) is 0 Å². The molecule has 0 spiro atoms. The number of rotatable bonds is 3. The topological polar surface area (TPSA) is 53.1 Å². The minimum Gasteiger partial charge on any atom is -0.378 e. The van der Waals surface area contributed by atoms with Crippen molar-refractivity contribution in [3.8, 4) is 0 Å². The number of carbonyl (C=O) groups excluding carboxylic acids is 2. The summed E-state index contributed by atoms with van der Waals surface area (Å²) in [5, 5.41) is -0.0198. The van der Waals surface area contributed by atoms with Gasteiger partial charge in [-0.3, -0.25) is 9.59 Å². The maximum atomic E-state index is 12.7. The quantitative estimate of drug-likeness (QED) is 0.782. The van der Waals surface area contributed by atoms with Gasteiger partial charge < -0.3 is 14.5 Å². The minimum atomic E-state index is -0.476. The summed E-state index contributed by atoms with van der Waals surface area (Å²) in [6.07, 6.45) is 0. The Morgan fingerprint density at radius 2 is 1.65 bits per heavy atom. The lowest BCUT2D eigenvalue weighted by molar-refractivity contribution is -0.121. The fourth-order valence-electron chi connectivity index (χ4n) is 2.69. The third kappa shape index (κ3) is 2.80. The Labute approximate surface area is 139 Å². The first-order valence-corrected chi connectivity index (χ1v) is 7.77. The van der Waals surface area contributed by atoms with Gasteiger partial charge >= 0.3 is 0 Å². The van der Waals surface area contributed by atoms with Gasteiger partial charge in [-0.2, -0.15) is 0 Å². The molecule has 2 aliphatic heterocycles. The molecule has 7 heteroatoms. The number of ether oxygens (including phenoxy) is 1. The molecule has 122 valence electrons. The second kappa shape index (κ2) is 6.22. The van der Waals surface area contributed by atoms with Gasteiger partial charge in [-0.1, -0.05) is 11.6 Å². The number of hydrogen-bond donors (Lipinski definition) is 0. The molecular weight excluding hydrogens is 318 g/mol. The first-order valence-electron chi connectivity index (χ1n) is 7.39. The number of amides is 2. The van der Waals surface area contributed by atoms with Crippen molar-refractivity contribution in [2.24, 2.45) is 0 Å². The number of benzene rings is 1. The van der Waals surface area contributed by atoms with E-state index in [0.717, 1.165) is 10.6 Å². The SMILES string of the molecule is CN(C)c1ccc(N2C(=O)C(Cl)=C(N3CCOCC3)C2=O)cc1. The van der Waals surface area contributed by atoms with Crippen LogP contribution in [-0.4, -0.2) is 57.1 Å². The molecule has 0 unspecified atom stereocenters. The van der Waals surface area contributed by atoms with Crippen molar-refractivity contribution < 1.29 is 14.3 Å². The lowest BCUT2D eigenvalue weighted by atomic mass is 10.2. The van der Waals surface area contributed by atoms with Crippen LogP contribution in [0, 0.1) is 0 Å². The Morgan fingerprint density at radius 1 is 1.04 bits per heavy atom. The van der Waals surface area contributed by atoms with Crippen molar-refractivity contribution >= 4 is 34.8 Å². The third-order valence-electron chi connectivity index (χ3n) is 3.96. The highest BCUT2D eigenvalue weighted by Crippen LogP contribution is 2.32. The molecule has 0 aromatic heterocycles. The predicted molar refractivity (Wildman–Crippen MR) is 88.5 cm³/mol. The maximum absolute atomic E-state index is 12.7. The molecule has 0 N–H and O–H groups in total. The lowest BCUT2D eigenvalue weighted by Crippen LogP contribution is -2.40. The molecule has 6 nitrogen and oxygen atoms in total. The van der Waals surface area contributed by atoms with Crippen LogP contribution in [-0.2, 0) is 14.3 Å². The van der Waals surface area contributed by atoms with Crippen molar-refractivity contribution in [3.05, 3.63) is 35.0 Å². The Morgan fingerprint density at radius 3 is 2.22 bits per heavy atom. The van der Waals surface area contributed by atoms with E-state index in [2.05, 4.69) is 0 Å². The van der Waals surface area contributed by atoms with Crippen LogP contribution in [0.5, 0.6) is 0 Å². The van der Waals surface area contributed by atoms with Crippen molar-refractivity contribution in [3.63, 3.8) is 0 Å². The van der Waals surface area contributed by atoms with E-state index in [1.54, 1.807) is 12.1 Å². The molecule has 2 aliphatic rings. The highest BCUT2D eigenvalue weighted by molar-refractivity contribution is 6.52. The molecule has 0 atom stereocenters. The van der Waals surface area contributed by atoms with E-state index in [1.807, 2.05) is 36.0 Å². The van der Waals surface area contributed by atoms with Crippen LogP contribution < -0.4 is 9.80 Å². The molecule has 23 heavy (non-hydrogen) atoms. The van der Waals surface area contributed by atoms with Gasteiger partial charge in [0.2, 0.25) is 0 Å². The van der Waals surface area contributed by atoms with Crippen molar-refractivity contribution in [1.82, 2.24) is 4.90 Å². The molecule has 0 bridgehead atoms. The number of nitrogens with zero attached hydrogens (tertiary/aromatic N) is 3. The molecule has 2 heterocycles. The normalized spacial score (nSPS) is 18.9. The van der Waals surface area contributed by atoms with Crippen LogP contribution in [0.2, 0.25) is 0 Å². The summed E-state index contributed by atoms with van der Waals surface area (Å²) in [6.45, 7) is 2.15. The highest BCUT2D eigenvalue weighted by Gasteiger charge is 2.41. The van der Waals surface area contributed by atoms with Crippen LogP contribution >= 0.6 is 11.6 Å². The summed E-state index contributed by atoms with van der Waals surface area (Å²) in [4.78, 5) is 30.0. The Hall–Kier alpha value is -2.05. The molecule has 1 saturated heterocycles. The Bertz CT molecular complexity index is 664. The van der Waals surface area contributed by atoms with Gasteiger partial charge in [-0.15, -0.1) is 0 Å². The minimum absolute atomic E-state index is 0.0198. The van der Waals surface area contributed by atoms with Gasteiger partial charge in [0.1, 0.15) is 10.7 Å². The fraction of sp³-hybridized carbons (Fsp3) is 0.375. The first-order chi connectivity index (χ1) is 11.0. The van der Waals surface area contributed by atoms with Crippen molar-refractivity contribution in [2.75, 3.05) is 50.2 Å². The standard InChI is InChI=1S/C16H18ClN3O3/c1-18(2)11-3-5-12(6-4-11)20-15(21)13(17)14(16(20)22)19-7-9-23-10-8-19/h3-6H,7-10H2,1-2H3. The van der Waals surface area contributed by atoms with E-state index in [9.17, 15) is 9.59 Å². The van der Waals surface area contributed by atoms with Crippen molar-refractivity contribution in [1.29, 1.82) is 0 Å². The monoisotopic (exact) mass is 335 g/mol. The number of halogens is 1. The Balaban J connectivity index is 1.88. The first kappa shape index (κ1) is 15.8. The van der Waals surface area contributed by atoms with E-state index < -0.39 is 5.91 Å². The number of hydrogen-bond acceptors (Lipinski definition) is 5. The highest BCUT2D eigenvalue weighted by atomic mass is 35.5.